The molecule has 1 amide bonds. The number of nitrogens with one attached hydrogen (secondary N) is 1. The SMILES string of the molecule is O=C(COc1ccn(-c2ccccc2)n1)NCc1cccnc1. The van der Waals surface area contributed by atoms with Crippen LogP contribution in [0.3, 0.4) is 0 Å². The highest BCUT2D eigenvalue weighted by atomic mass is 16.5. The molecule has 23 heavy (non-hydrogen) atoms. The molecule has 0 saturated heterocycles. The predicted molar refractivity (Wildman–Crippen MR) is 85.1 cm³/mol. The van der Waals surface area contributed by atoms with Crippen LogP contribution in [0.4, 0.5) is 0 Å². The average molecular weight is 308 g/mol. The van der Waals surface area contributed by atoms with E-state index in [0.717, 1.165) is 11.3 Å². The summed E-state index contributed by atoms with van der Waals surface area (Å²) < 4.78 is 7.10. The van der Waals surface area contributed by atoms with Gasteiger partial charge in [-0.2, -0.15) is 0 Å². The zero-order valence-electron chi connectivity index (χ0n) is 12.4. The van der Waals surface area contributed by atoms with E-state index in [4.69, 9.17) is 4.74 Å². The number of carbonyl (C=O) groups excluding carboxylic acids is 1. The van der Waals surface area contributed by atoms with Crippen LogP contribution < -0.4 is 10.1 Å². The van der Waals surface area contributed by atoms with Gasteiger partial charge in [-0.3, -0.25) is 9.78 Å². The number of ether oxygens (including phenoxy) is 1. The van der Waals surface area contributed by atoms with Crippen LogP contribution in [0.25, 0.3) is 5.69 Å². The second-order valence-electron chi connectivity index (χ2n) is 4.86. The molecular formula is C17H16N4O2. The molecule has 1 aromatic carbocycles. The highest BCUT2D eigenvalue weighted by molar-refractivity contribution is 5.77. The van der Waals surface area contributed by atoms with E-state index in [0.29, 0.717) is 12.4 Å². The number of benzene rings is 1. The third-order valence-electron chi connectivity index (χ3n) is 3.15. The quantitative estimate of drug-likeness (QED) is 0.756. The third-order valence-corrected chi connectivity index (χ3v) is 3.15. The van der Waals surface area contributed by atoms with Crippen molar-refractivity contribution >= 4 is 5.91 Å². The Labute approximate surface area is 133 Å². The normalized spacial score (nSPS) is 10.3. The Bertz CT molecular complexity index is 757. The first kappa shape index (κ1) is 14.8. The molecule has 6 nitrogen and oxygen atoms in total. The van der Waals surface area contributed by atoms with E-state index < -0.39 is 0 Å². The summed E-state index contributed by atoms with van der Waals surface area (Å²) in [5.74, 6) is 0.202. The lowest BCUT2D eigenvalue weighted by Crippen LogP contribution is -2.28. The Morgan fingerprint density at radius 1 is 1.13 bits per heavy atom. The fourth-order valence-corrected chi connectivity index (χ4v) is 2.00. The molecule has 3 aromatic rings. The van der Waals surface area contributed by atoms with Crippen molar-refractivity contribution in [3.8, 4) is 11.6 Å². The molecule has 0 atom stereocenters. The van der Waals surface area contributed by atoms with E-state index in [-0.39, 0.29) is 12.5 Å². The summed E-state index contributed by atoms with van der Waals surface area (Å²) in [6, 6.07) is 15.1. The first-order valence-corrected chi connectivity index (χ1v) is 7.21. The highest BCUT2D eigenvalue weighted by Crippen LogP contribution is 2.11. The zero-order valence-corrected chi connectivity index (χ0v) is 12.4. The molecule has 3 rings (SSSR count). The van der Waals surface area contributed by atoms with Crippen molar-refractivity contribution in [2.75, 3.05) is 6.61 Å². The summed E-state index contributed by atoms with van der Waals surface area (Å²) in [6.45, 7) is 0.348. The van der Waals surface area contributed by atoms with Crippen molar-refractivity contribution in [1.29, 1.82) is 0 Å². The molecule has 0 unspecified atom stereocenters. The monoisotopic (exact) mass is 308 g/mol. The van der Waals surface area contributed by atoms with Gasteiger partial charge in [0.25, 0.3) is 5.91 Å². The largest absolute Gasteiger partial charge is 0.466 e. The van der Waals surface area contributed by atoms with Crippen molar-refractivity contribution in [3.05, 3.63) is 72.7 Å². The number of nitrogens with zero attached hydrogens (tertiary/aromatic N) is 3. The molecule has 2 heterocycles. The first-order valence-electron chi connectivity index (χ1n) is 7.21. The molecule has 0 saturated carbocycles. The standard InChI is InChI=1S/C17H16N4O2/c22-16(19-12-14-5-4-9-18-11-14)13-23-17-8-10-21(20-17)15-6-2-1-3-7-15/h1-11H,12-13H2,(H,19,22). The fourth-order valence-electron chi connectivity index (χ4n) is 2.00. The van der Waals surface area contributed by atoms with Crippen LogP contribution in [-0.4, -0.2) is 27.3 Å². The summed E-state index contributed by atoms with van der Waals surface area (Å²) in [7, 11) is 0. The van der Waals surface area contributed by atoms with E-state index in [1.54, 1.807) is 29.3 Å². The van der Waals surface area contributed by atoms with Gasteiger partial charge < -0.3 is 10.1 Å². The molecule has 0 spiro atoms. The lowest BCUT2D eigenvalue weighted by atomic mass is 10.3. The summed E-state index contributed by atoms with van der Waals surface area (Å²) in [5, 5.41) is 7.04. The van der Waals surface area contributed by atoms with Crippen LogP contribution >= 0.6 is 0 Å². The number of hydrogen-bond donors (Lipinski definition) is 1. The van der Waals surface area contributed by atoms with E-state index in [9.17, 15) is 4.79 Å². The third kappa shape index (κ3) is 4.16. The van der Waals surface area contributed by atoms with Gasteiger partial charge in [-0.1, -0.05) is 24.3 Å². The van der Waals surface area contributed by atoms with Gasteiger partial charge in [0.2, 0.25) is 5.88 Å². The highest BCUT2D eigenvalue weighted by Gasteiger charge is 2.06. The van der Waals surface area contributed by atoms with Gasteiger partial charge in [-0.15, -0.1) is 5.10 Å². The van der Waals surface area contributed by atoms with E-state index in [1.807, 2.05) is 42.5 Å². The van der Waals surface area contributed by atoms with Crippen molar-refractivity contribution in [2.24, 2.45) is 0 Å². The van der Waals surface area contributed by atoms with E-state index in [2.05, 4.69) is 15.4 Å². The van der Waals surface area contributed by atoms with Gasteiger partial charge in [-0.25, -0.2) is 4.68 Å². The second kappa shape index (κ2) is 7.22. The molecular weight excluding hydrogens is 292 g/mol. The molecule has 0 fully saturated rings. The van der Waals surface area contributed by atoms with Crippen molar-refractivity contribution < 1.29 is 9.53 Å². The molecule has 0 aliphatic heterocycles. The average Bonchev–Trinajstić information content (AvgIpc) is 3.09. The molecule has 0 radical (unpaired) electrons. The lowest BCUT2D eigenvalue weighted by molar-refractivity contribution is -0.123. The smallest absolute Gasteiger partial charge is 0.258 e. The Kier molecular flexibility index (Phi) is 4.63. The van der Waals surface area contributed by atoms with E-state index in [1.165, 1.54) is 0 Å². The maximum absolute atomic E-state index is 11.8. The number of rotatable bonds is 6. The topological polar surface area (TPSA) is 69.0 Å². The molecule has 0 aliphatic carbocycles. The second-order valence-corrected chi connectivity index (χ2v) is 4.86. The van der Waals surface area contributed by atoms with Gasteiger partial charge in [0, 0.05) is 31.2 Å². The summed E-state index contributed by atoms with van der Waals surface area (Å²) in [6.07, 6.45) is 5.19. The predicted octanol–water partition coefficient (Wildman–Crippen LogP) is 1.96. The molecule has 6 heteroatoms. The van der Waals surface area contributed by atoms with E-state index >= 15 is 0 Å². The number of para-hydroxylation sites is 1. The van der Waals surface area contributed by atoms with Crippen molar-refractivity contribution in [1.82, 2.24) is 20.1 Å². The molecule has 2 aromatic heterocycles. The maximum Gasteiger partial charge on any atom is 0.258 e. The summed E-state index contributed by atoms with van der Waals surface area (Å²) in [5.41, 5.74) is 1.87. The Hall–Kier alpha value is -3.15. The number of hydrogen-bond acceptors (Lipinski definition) is 4. The van der Waals surface area contributed by atoms with Crippen LogP contribution in [0.2, 0.25) is 0 Å². The molecule has 116 valence electrons. The molecule has 0 bridgehead atoms. The number of aromatic nitrogens is 3. The fraction of sp³-hybridized carbons (Fsp3) is 0.118. The summed E-state index contributed by atoms with van der Waals surface area (Å²) in [4.78, 5) is 15.8. The summed E-state index contributed by atoms with van der Waals surface area (Å²) >= 11 is 0. The Morgan fingerprint density at radius 3 is 2.78 bits per heavy atom. The van der Waals surface area contributed by atoms with Gasteiger partial charge in [-0.05, 0) is 23.8 Å². The molecule has 0 aliphatic rings. The van der Waals surface area contributed by atoms with Crippen LogP contribution in [0.1, 0.15) is 5.56 Å². The number of pyridine rings is 1. The number of amides is 1. The van der Waals surface area contributed by atoms with Gasteiger partial charge in [0.1, 0.15) is 0 Å². The van der Waals surface area contributed by atoms with Gasteiger partial charge in [0.05, 0.1) is 5.69 Å². The van der Waals surface area contributed by atoms with Crippen molar-refractivity contribution in [2.45, 2.75) is 6.54 Å². The minimum absolute atomic E-state index is 0.0773. The first-order chi connectivity index (χ1) is 11.3. The minimum Gasteiger partial charge on any atom is -0.466 e. The van der Waals surface area contributed by atoms with Crippen LogP contribution in [0, 0.1) is 0 Å². The molecule has 1 N–H and O–H groups in total. The van der Waals surface area contributed by atoms with Gasteiger partial charge in [0.15, 0.2) is 6.61 Å². The van der Waals surface area contributed by atoms with Crippen LogP contribution in [-0.2, 0) is 11.3 Å². The van der Waals surface area contributed by atoms with Gasteiger partial charge >= 0.3 is 0 Å². The minimum atomic E-state index is -0.205. The number of carbonyl (C=O) groups is 1. The lowest BCUT2D eigenvalue weighted by Gasteiger charge is -2.05. The van der Waals surface area contributed by atoms with Crippen LogP contribution in [0.5, 0.6) is 5.88 Å². The Balaban J connectivity index is 1.49. The van der Waals surface area contributed by atoms with Crippen molar-refractivity contribution in [3.63, 3.8) is 0 Å². The zero-order chi connectivity index (χ0) is 15.9. The maximum atomic E-state index is 11.8. The Morgan fingerprint density at radius 2 is 2.00 bits per heavy atom. The van der Waals surface area contributed by atoms with Crippen LogP contribution in [0.15, 0.2) is 67.1 Å².